The van der Waals surface area contributed by atoms with Crippen molar-refractivity contribution < 1.29 is 9.47 Å². The molecule has 0 spiro atoms. The highest BCUT2D eigenvalue weighted by Crippen LogP contribution is 2.29. The summed E-state index contributed by atoms with van der Waals surface area (Å²) in [5.74, 6) is 1.40. The van der Waals surface area contributed by atoms with Crippen LogP contribution in [0.1, 0.15) is 16.8 Å². The van der Waals surface area contributed by atoms with E-state index in [1.807, 2.05) is 66.6 Å². The van der Waals surface area contributed by atoms with Crippen molar-refractivity contribution in [2.75, 3.05) is 7.11 Å². The summed E-state index contributed by atoms with van der Waals surface area (Å²) in [5, 5.41) is 0. The normalized spacial score (nSPS) is 11.0. The fourth-order valence-corrected chi connectivity index (χ4v) is 3.35. The van der Waals surface area contributed by atoms with Crippen LogP contribution in [0.15, 0.2) is 55.1 Å². The Balaban J connectivity index is 1.52. The number of imidazole rings is 1. The number of fused-ring (bicyclic) bond motifs is 1. The van der Waals surface area contributed by atoms with Crippen LogP contribution in [-0.2, 0) is 13.2 Å². The monoisotopic (exact) mass is 486 g/mol. The van der Waals surface area contributed by atoms with E-state index in [1.165, 1.54) is 0 Å². The average molecular weight is 486 g/mol. The summed E-state index contributed by atoms with van der Waals surface area (Å²) in [4.78, 5) is 13.2. The SMILES string of the molecule is COc1cc(Cn2cnc3cc(I)cnc32)ccc1OCc1ccc(C)nc1. The molecule has 0 N–H and O–H groups in total. The molecular weight excluding hydrogens is 467 g/mol. The molecule has 28 heavy (non-hydrogen) atoms. The second-order valence-electron chi connectivity index (χ2n) is 6.45. The molecule has 142 valence electrons. The van der Waals surface area contributed by atoms with E-state index in [-0.39, 0.29) is 0 Å². The zero-order valence-corrected chi connectivity index (χ0v) is 17.8. The summed E-state index contributed by atoms with van der Waals surface area (Å²) in [6, 6.07) is 12.0. The fourth-order valence-electron chi connectivity index (χ4n) is 2.91. The minimum absolute atomic E-state index is 0.442. The first-order valence-corrected chi connectivity index (χ1v) is 9.88. The molecule has 0 saturated heterocycles. The van der Waals surface area contributed by atoms with Gasteiger partial charge in [0.1, 0.15) is 12.1 Å². The fraction of sp³-hybridized carbons (Fsp3) is 0.190. The van der Waals surface area contributed by atoms with Crippen LogP contribution in [0.4, 0.5) is 0 Å². The number of aromatic nitrogens is 4. The summed E-state index contributed by atoms with van der Waals surface area (Å²) < 4.78 is 14.6. The molecule has 7 heteroatoms. The van der Waals surface area contributed by atoms with Gasteiger partial charge >= 0.3 is 0 Å². The Labute approximate surface area is 176 Å². The van der Waals surface area contributed by atoms with Gasteiger partial charge in [0.25, 0.3) is 0 Å². The summed E-state index contributed by atoms with van der Waals surface area (Å²) >= 11 is 2.24. The number of hydrogen-bond acceptors (Lipinski definition) is 5. The molecular formula is C21H19IN4O2. The Kier molecular flexibility index (Phi) is 5.43. The van der Waals surface area contributed by atoms with Crippen molar-refractivity contribution >= 4 is 33.8 Å². The molecule has 0 fully saturated rings. The largest absolute Gasteiger partial charge is 0.493 e. The van der Waals surface area contributed by atoms with Crippen molar-refractivity contribution in [2.45, 2.75) is 20.1 Å². The van der Waals surface area contributed by atoms with Gasteiger partial charge in [0.2, 0.25) is 0 Å². The molecule has 0 aliphatic carbocycles. The summed E-state index contributed by atoms with van der Waals surface area (Å²) in [6.07, 6.45) is 5.49. The first kappa shape index (κ1) is 18.7. The third-order valence-electron chi connectivity index (χ3n) is 4.37. The standard InChI is InChI=1S/C21H19IN4O2/c1-14-3-4-16(9-23-14)12-28-19-6-5-15(7-20(19)27-2)11-26-13-25-18-8-17(22)10-24-21(18)26/h3-10,13H,11-12H2,1-2H3. The van der Waals surface area contributed by atoms with Gasteiger partial charge in [-0.3, -0.25) is 4.98 Å². The van der Waals surface area contributed by atoms with E-state index in [0.717, 1.165) is 31.6 Å². The molecule has 3 heterocycles. The van der Waals surface area contributed by atoms with E-state index in [9.17, 15) is 0 Å². The van der Waals surface area contributed by atoms with Crippen molar-refractivity contribution in [1.29, 1.82) is 0 Å². The molecule has 4 aromatic rings. The molecule has 0 radical (unpaired) electrons. The molecule has 0 unspecified atom stereocenters. The van der Waals surface area contributed by atoms with Crippen LogP contribution < -0.4 is 9.47 Å². The summed E-state index contributed by atoms with van der Waals surface area (Å²) in [7, 11) is 1.65. The molecule has 0 aliphatic heterocycles. The highest BCUT2D eigenvalue weighted by Gasteiger charge is 2.09. The van der Waals surface area contributed by atoms with E-state index < -0.39 is 0 Å². The number of nitrogens with zero attached hydrogens (tertiary/aromatic N) is 4. The number of aryl methyl sites for hydroxylation is 1. The highest BCUT2D eigenvalue weighted by molar-refractivity contribution is 14.1. The lowest BCUT2D eigenvalue weighted by molar-refractivity contribution is 0.284. The number of halogens is 1. The van der Waals surface area contributed by atoms with E-state index >= 15 is 0 Å². The number of benzene rings is 1. The Morgan fingerprint density at radius 2 is 1.82 bits per heavy atom. The molecule has 0 aliphatic rings. The van der Waals surface area contributed by atoms with Gasteiger partial charge in [0.15, 0.2) is 17.1 Å². The maximum atomic E-state index is 5.93. The number of pyridine rings is 2. The van der Waals surface area contributed by atoms with Crippen molar-refractivity contribution in [1.82, 2.24) is 19.5 Å². The van der Waals surface area contributed by atoms with E-state index in [1.54, 1.807) is 7.11 Å². The lowest BCUT2D eigenvalue weighted by Gasteiger charge is -2.13. The van der Waals surface area contributed by atoms with Crippen LogP contribution in [0.5, 0.6) is 11.5 Å². The average Bonchev–Trinajstić information content (AvgIpc) is 3.09. The van der Waals surface area contributed by atoms with E-state index in [2.05, 4.69) is 37.5 Å². The number of rotatable bonds is 6. The van der Waals surface area contributed by atoms with Crippen LogP contribution in [-0.4, -0.2) is 26.6 Å². The minimum atomic E-state index is 0.442. The molecule has 0 saturated carbocycles. The summed E-state index contributed by atoms with van der Waals surface area (Å²) in [6.45, 7) is 3.06. The van der Waals surface area contributed by atoms with Crippen LogP contribution in [0.25, 0.3) is 11.2 Å². The number of hydrogen-bond donors (Lipinski definition) is 0. The van der Waals surface area contributed by atoms with Crippen LogP contribution >= 0.6 is 22.6 Å². The third-order valence-corrected chi connectivity index (χ3v) is 4.96. The molecule has 3 aromatic heterocycles. The van der Waals surface area contributed by atoms with E-state index in [0.29, 0.717) is 24.7 Å². The minimum Gasteiger partial charge on any atom is -0.493 e. The molecule has 4 rings (SSSR count). The van der Waals surface area contributed by atoms with Gasteiger partial charge in [-0.05, 0) is 59.3 Å². The first-order valence-electron chi connectivity index (χ1n) is 8.80. The Morgan fingerprint density at radius 3 is 2.61 bits per heavy atom. The lowest BCUT2D eigenvalue weighted by atomic mass is 10.2. The quantitative estimate of drug-likeness (QED) is 0.379. The lowest BCUT2D eigenvalue weighted by Crippen LogP contribution is -2.02. The van der Waals surface area contributed by atoms with Gasteiger partial charge in [0.05, 0.1) is 20.0 Å². The molecule has 0 amide bonds. The number of methoxy groups -OCH3 is 1. The maximum Gasteiger partial charge on any atom is 0.161 e. The maximum absolute atomic E-state index is 5.93. The number of ether oxygens (including phenoxy) is 2. The van der Waals surface area contributed by atoms with E-state index in [4.69, 9.17) is 9.47 Å². The van der Waals surface area contributed by atoms with Crippen molar-refractivity contribution in [3.8, 4) is 11.5 Å². The summed E-state index contributed by atoms with van der Waals surface area (Å²) in [5.41, 5.74) is 4.85. The molecule has 0 atom stereocenters. The second-order valence-corrected chi connectivity index (χ2v) is 7.70. The Morgan fingerprint density at radius 1 is 0.964 bits per heavy atom. The van der Waals surface area contributed by atoms with Gasteiger partial charge in [-0.25, -0.2) is 9.97 Å². The van der Waals surface area contributed by atoms with Gasteiger partial charge in [-0.15, -0.1) is 0 Å². The highest BCUT2D eigenvalue weighted by atomic mass is 127. The van der Waals surface area contributed by atoms with Gasteiger partial charge < -0.3 is 14.0 Å². The van der Waals surface area contributed by atoms with Crippen molar-refractivity contribution in [3.63, 3.8) is 0 Å². The third kappa shape index (κ3) is 4.09. The van der Waals surface area contributed by atoms with Crippen LogP contribution in [0, 0.1) is 10.5 Å². The zero-order valence-electron chi connectivity index (χ0n) is 15.6. The zero-order chi connectivity index (χ0) is 19.5. The van der Waals surface area contributed by atoms with Crippen LogP contribution in [0.3, 0.4) is 0 Å². The molecule has 6 nitrogen and oxygen atoms in total. The van der Waals surface area contributed by atoms with Crippen molar-refractivity contribution in [3.05, 3.63) is 75.5 Å². The Bertz CT molecular complexity index is 1110. The molecule has 0 bridgehead atoms. The molecule has 1 aromatic carbocycles. The smallest absolute Gasteiger partial charge is 0.161 e. The van der Waals surface area contributed by atoms with Crippen molar-refractivity contribution in [2.24, 2.45) is 0 Å². The topological polar surface area (TPSA) is 62.1 Å². The van der Waals surface area contributed by atoms with Gasteiger partial charge in [-0.2, -0.15) is 0 Å². The van der Waals surface area contributed by atoms with Gasteiger partial charge in [0, 0.05) is 27.2 Å². The van der Waals surface area contributed by atoms with Gasteiger partial charge in [-0.1, -0.05) is 12.1 Å². The van der Waals surface area contributed by atoms with Crippen LogP contribution in [0.2, 0.25) is 0 Å². The predicted molar refractivity (Wildman–Crippen MR) is 116 cm³/mol. The Hall–Kier alpha value is -2.68. The predicted octanol–water partition coefficient (Wildman–Crippen LogP) is 4.38. The first-order chi connectivity index (χ1) is 13.6. The second kappa shape index (κ2) is 8.14.